The van der Waals surface area contributed by atoms with Crippen LogP contribution in [-0.4, -0.2) is 12.1 Å². The first-order valence-electron chi connectivity index (χ1n) is 7.06. The number of rotatable bonds is 3. The standard InChI is InChI=1S/C18H19ClN2O/c1-18(2,3)15-9-7-13(8-10-15)12-20-21-17(22)14-5-4-6-16(19)11-14/h4-12H,1-3H3,(H,21,22)/b20-12+. The number of carbonyl (C=O) groups is 1. The van der Waals surface area contributed by atoms with Gasteiger partial charge in [0.05, 0.1) is 6.21 Å². The lowest BCUT2D eigenvalue weighted by molar-refractivity contribution is 0.0955. The van der Waals surface area contributed by atoms with Gasteiger partial charge in [0.15, 0.2) is 0 Å². The second-order valence-corrected chi connectivity index (χ2v) is 6.52. The van der Waals surface area contributed by atoms with Crippen LogP contribution in [-0.2, 0) is 5.41 Å². The molecule has 0 saturated carbocycles. The van der Waals surface area contributed by atoms with Gasteiger partial charge in [-0.05, 0) is 34.7 Å². The molecule has 2 rings (SSSR count). The van der Waals surface area contributed by atoms with Gasteiger partial charge in [0.2, 0.25) is 0 Å². The molecule has 2 aromatic rings. The van der Waals surface area contributed by atoms with E-state index in [1.54, 1.807) is 30.5 Å². The molecule has 0 unspecified atom stereocenters. The third-order valence-corrected chi connectivity index (χ3v) is 3.48. The molecule has 1 amide bonds. The maximum absolute atomic E-state index is 11.9. The molecule has 0 spiro atoms. The summed E-state index contributed by atoms with van der Waals surface area (Å²) >= 11 is 5.85. The summed E-state index contributed by atoms with van der Waals surface area (Å²) in [4.78, 5) is 11.9. The van der Waals surface area contributed by atoms with Crippen molar-refractivity contribution in [3.63, 3.8) is 0 Å². The Labute approximate surface area is 136 Å². The fourth-order valence-corrected chi connectivity index (χ4v) is 2.12. The number of nitrogens with zero attached hydrogens (tertiary/aromatic N) is 1. The lowest BCUT2D eigenvalue weighted by atomic mass is 9.87. The monoisotopic (exact) mass is 314 g/mol. The smallest absolute Gasteiger partial charge is 0.267 e. The van der Waals surface area contributed by atoms with Crippen LogP contribution in [0.4, 0.5) is 0 Å². The predicted molar refractivity (Wildman–Crippen MR) is 91.7 cm³/mol. The summed E-state index contributed by atoms with van der Waals surface area (Å²) in [5, 5.41) is 4.49. The Balaban J connectivity index is 1.99. The molecular weight excluding hydrogens is 296 g/mol. The molecule has 0 fully saturated rings. The van der Waals surface area contributed by atoms with E-state index in [-0.39, 0.29) is 11.3 Å². The van der Waals surface area contributed by atoms with Gasteiger partial charge in [0.1, 0.15) is 0 Å². The largest absolute Gasteiger partial charge is 0.271 e. The maximum Gasteiger partial charge on any atom is 0.271 e. The summed E-state index contributed by atoms with van der Waals surface area (Å²) < 4.78 is 0. The fourth-order valence-electron chi connectivity index (χ4n) is 1.93. The number of amides is 1. The molecule has 22 heavy (non-hydrogen) atoms. The summed E-state index contributed by atoms with van der Waals surface area (Å²) in [7, 11) is 0. The van der Waals surface area contributed by atoms with Crippen molar-refractivity contribution >= 4 is 23.7 Å². The zero-order valence-electron chi connectivity index (χ0n) is 12.9. The minimum absolute atomic E-state index is 0.121. The van der Waals surface area contributed by atoms with Crippen LogP contribution in [0.3, 0.4) is 0 Å². The average molecular weight is 315 g/mol. The highest BCUT2D eigenvalue weighted by molar-refractivity contribution is 6.30. The summed E-state index contributed by atoms with van der Waals surface area (Å²) in [6.07, 6.45) is 1.62. The zero-order chi connectivity index (χ0) is 16.2. The quantitative estimate of drug-likeness (QED) is 0.662. The second-order valence-electron chi connectivity index (χ2n) is 6.08. The van der Waals surface area contributed by atoms with Gasteiger partial charge in [-0.15, -0.1) is 0 Å². The Morgan fingerprint density at radius 3 is 2.41 bits per heavy atom. The first kappa shape index (κ1) is 16.2. The van der Waals surface area contributed by atoms with Crippen molar-refractivity contribution in [3.05, 3.63) is 70.2 Å². The molecule has 1 N–H and O–H groups in total. The molecule has 3 nitrogen and oxygen atoms in total. The third kappa shape index (κ3) is 4.43. The first-order valence-corrected chi connectivity index (χ1v) is 7.43. The Morgan fingerprint density at radius 1 is 1.14 bits per heavy atom. The number of hydrogen-bond donors (Lipinski definition) is 1. The molecule has 0 aliphatic carbocycles. The highest BCUT2D eigenvalue weighted by atomic mass is 35.5. The van der Waals surface area contributed by atoms with Crippen LogP contribution in [0.5, 0.6) is 0 Å². The van der Waals surface area contributed by atoms with Crippen molar-refractivity contribution < 1.29 is 4.79 Å². The second kappa shape index (κ2) is 6.75. The van der Waals surface area contributed by atoms with Crippen LogP contribution >= 0.6 is 11.6 Å². The van der Waals surface area contributed by atoms with Crippen molar-refractivity contribution in [2.45, 2.75) is 26.2 Å². The van der Waals surface area contributed by atoms with E-state index >= 15 is 0 Å². The zero-order valence-corrected chi connectivity index (χ0v) is 13.7. The average Bonchev–Trinajstić information content (AvgIpc) is 2.47. The minimum atomic E-state index is -0.287. The van der Waals surface area contributed by atoms with Crippen molar-refractivity contribution in [2.24, 2.45) is 5.10 Å². The molecular formula is C18H19ClN2O. The molecule has 0 bridgehead atoms. The molecule has 0 aromatic heterocycles. The summed E-state index contributed by atoms with van der Waals surface area (Å²) in [6.45, 7) is 6.50. The van der Waals surface area contributed by atoms with Gasteiger partial charge in [-0.25, -0.2) is 5.43 Å². The van der Waals surface area contributed by atoms with E-state index in [0.29, 0.717) is 10.6 Å². The van der Waals surface area contributed by atoms with Crippen molar-refractivity contribution in [1.29, 1.82) is 0 Å². The van der Waals surface area contributed by atoms with E-state index in [2.05, 4.69) is 43.4 Å². The SMILES string of the molecule is CC(C)(C)c1ccc(/C=N/NC(=O)c2cccc(Cl)c2)cc1. The highest BCUT2D eigenvalue weighted by Gasteiger charge is 2.12. The van der Waals surface area contributed by atoms with Crippen LogP contribution in [0.25, 0.3) is 0 Å². The van der Waals surface area contributed by atoms with E-state index in [9.17, 15) is 4.79 Å². The third-order valence-electron chi connectivity index (χ3n) is 3.24. The maximum atomic E-state index is 11.9. The summed E-state index contributed by atoms with van der Waals surface area (Å²) in [5.41, 5.74) is 5.28. The van der Waals surface area contributed by atoms with Crippen molar-refractivity contribution in [2.75, 3.05) is 0 Å². The lowest BCUT2D eigenvalue weighted by Gasteiger charge is -2.18. The van der Waals surface area contributed by atoms with Gasteiger partial charge in [0.25, 0.3) is 5.91 Å². The highest BCUT2D eigenvalue weighted by Crippen LogP contribution is 2.21. The van der Waals surface area contributed by atoms with Crippen LogP contribution in [0.2, 0.25) is 5.02 Å². The van der Waals surface area contributed by atoms with E-state index in [4.69, 9.17) is 11.6 Å². The van der Waals surface area contributed by atoms with Crippen LogP contribution in [0.1, 0.15) is 42.3 Å². The number of nitrogens with one attached hydrogen (secondary N) is 1. The minimum Gasteiger partial charge on any atom is -0.267 e. The number of carbonyl (C=O) groups excluding carboxylic acids is 1. The van der Waals surface area contributed by atoms with Crippen molar-refractivity contribution in [1.82, 2.24) is 5.43 Å². The van der Waals surface area contributed by atoms with E-state index in [0.717, 1.165) is 5.56 Å². The van der Waals surface area contributed by atoms with E-state index in [1.807, 2.05) is 12.1 Å². The molecule has 0 aliphatic heterocycles. The van der Waals surface area contributed by atoms with E-state index in [1.165, 1.54) is 5.56 Å². The van der Waals surface area contributed by atoms with Gasteiger partial charge in [-0.2, -0.15) is 5.10 Å². The van der Waals surface area contributed by atoms with Crippen LogP contribution < -0.4 is 5.43 Å². The topological polar surface area (TPSA) is 41.5 Å². The molecule has 0 atom stereocenters. The van der Waals surface area contributed by atoms with Gasteiger partial charge in [0, 0.05) is 10.6 Å². The number of benzene rings is 2. The molecule has 0 heterocycles. The Bertz CT molecular complexity index is 685. The number of hydrazone groups is 1. The molecule has 0 radical (unpaired) electrons. The van der Waals surface area contributed by atoms with Gasteiger partial charge in [-0.3, -0.25) is 4.79 Å². The molecule has 0 aliphatic rings. The Morgan fingerprint density at radius 2 is 1.82 bits per heavy atom. The fraction of sp³-hybridized carbons (Fsp3) is 0.222. The van der Waals surface area contributed by atoms with Crippen LogP contribution in [0.15, 0.2) is 53.6 Å². The normalized spacial score (nSPS) is 11.6. The first-order chi connectivity index (χ1) is 10.4. The molecule has 0 saturated heterocycles. The molecule has 2 aromatic carbocycles. The van der Waals surface area contributed by atoms with Gasteiger partial charge >= 0.3 is 0 Å². The Kier molecular flexibility index (Phi) is 4.99. The molecule has 114 valence electrons. The summed E-state index contributed by atoms with van der Waals surface area (Å²) in [5.74, 6) is -0.287. The van der Waals surface area contributed by atoms with Gasteiger partial charge in [-0.1, -0.05) is 62.7 Å². The molecule has 4 heteroatoms. The van der Waals surface area contributed by atoms with Crippen LogP contribution in [0, 0.1) is 0 Å². The number of halogens is 1. The summed E-state index contributed by atoms with van der Waals surface area (Å²) in [6, 6.07) is 14.8. The van der Waals surface area contributed by atoms with E-state index < -0.39 is 0 Å². The number of hydrogen-bond acceptors (Lipinski definition) is 2. The predicted octanol–water partition coefficient (Wildman–Crippen LogP) is 4.40. The van der Waals surface area contributed by atoms with Crippen molar-refractivity contribution in [3.8, 4) is 0 Å². The lowest BCUT2D eigenvalue weighted by Crippen LogP contribution is -2.17. The Hall–Kier alpha value is -2.13. The van der Waals surface area contributed by atoms with Gasteiger partial charge < -0.3 is 0 Å².